The second kappa shape index (κ2) is 8.94. The number of carbonyl (C=O) groups is 1. The van der Waals surface area contributed by atoms with Gasteiger partial charge in [-0.25, -0.2) is 9.18 Å². The fourth-order valence-electron chi connectivity index (χ4n) is 3.91. The van der Waals surface area contributed by atoms with Crippen molar-refractivity contribution in [2.45, 2.75) is 51.4 Å². The number of hydrogen-bond acceptors (Lipinski definition) is 3. The van der Waals surface area contributed by atoms with E-state index in [0.717, 1.165) is 5.92 Å². The average molecular weight is 367 g/mol. The Balaban J connectivity index is 1.61. The first-order valence-electron chi connectivity index (χ1n) is 9.69. The summed E-state index contributed by atoms with van der Waals surface area (Å²) in [4.78, 5) is 15.9. The number of hydrogen-bond donors (Lipinski definition) is 0. The summed E-state index contributed by atoms with van der Waals surface area (Å²) < 4.78 is 19.1. The van der Waals surface area contributed by atoms with Crippen molar-refractivity contribution in [3.63, 3.8) is 0 Å². The Morgan fingerprint density at radius 3 is 2.44 bits per heavy atom. The zero-order valence-electron chi connectivity index (χ0n) is 15.8. The zero-order valence-corrected chi connectivity index (χ0v) is 15.8. The minimum atomic E-state index is -0.631. The number of nitrogens with zero attached hydrogens (tertiary/aromatic N) is 1. The highest BCUT2D eigenvalue weighted by Gasteiger charge is 2.22. The summed E-state index contributed by atoms with van der Waals surface area (Å²) in [5.41, 5.74) is 2.09. The zero-order chi connectivity index (χ0) is 19.2. The van der Waals surface area contributed by atoms with Crippen molar-refractivity contribution in [1.29, 1.82) is 0 Å². The SMILES string of the molecule is C=Nc1ccc(OC(=O)c2ccc(C3CCC(CCC)CC3)cc2)c(F)c1. The summed E-state index contributed by atoms with van der Waals surface area (Å²) in [6.45, 7) is 5.60. The first kappa shape index (κ1) is 19.3. The fourth-order valence-corrected chi connectivity index (χ4v) is 3.91. The fraction of sp³-hybridized carbons (Fsp3) is 0.391. The van der Waals surface area contributed by atoms with Crippen LogP contribution in [0.3, 0.4) is 0 Å². The molecule has 0 amide bonds. The average Bonchev–Trinajstić information content (AvgIpc) is 2.70. The lowest BCUT2D eigenvalue weighted by atomic mass is 9.77. The Morgan fingerprint density at radius 1 is 1.15 bits per heavy atom. The predicted octanol–water partition coefficient (Wildman–Crippen LogP) is 6.45. The Labute approximate surface area is 160 Å². The lowest BCUT2D eigenvalue weighted by Gasteiger charge is -2.28. The van der Waals surface area contributed by atoms with Gasteiger partial charge in [0.25, 0.3) is 0 Å². The van der Waals surface area contributed by atoms with Crippen LogP contribution in [0.25, 0.3) is 0 Å². The topological polar surface area (TPSA) is 38.7 Å². The van der Waals surface area contributed by atoms with Gasteiger partial charge in [0.15, 0.2) is 11.6 Å². The molecule has 0 atom stereocenters. The maximum Gasteiger partial charge on any atom is 0.343 e. The third kappa shape index (κ3) is 4.82. The maximum absolute atomic E-state index is 13.9. The second-order valence-corrected chi connectivity index (χ2v) is 7.29. The Morgan fingerprint density at radius 2 is 1.85 bits per heavy atom. The second-order valence-electron chi connectivity index (χ2n) is 7.29. The molecule has 0 N–H and O–H groups in total. The van der Waals surface area contributed by atoms with Crippen molar-refractivity contribution in [2.75, 3.05) is 0 Å². The monoisotopic (exact) mass is 367 g/mol. The van der Waals surface area contributed by atoms with Crippen molar-refractivity contribution in [3.05, 3.63) is 59.4 Å². The molecule has 1 aliphatic carbocycles. The molecule has 0 aliphatic heterocycles. The van der Waals surface area contributed by atoms with Gasteiger partial charge >= 0.3 is 5.97 Å². The van der Waals surface area contributed by atoms with Gasteiger partial charge < -0.3 is 4.74 Å². The molecular formula is C23H26FNO2. The molecule has 0 saturated heterocycles. The van der Waals surface area contributed by atoms with Gasteiger partial charge in [0, 0.05) is 6.07 Å². The number of esters is 1. The van der Waals surface area contributed by atoms with Gasteiger partial charge in [0.1, 0.15) is 0 Å². The molecule has 4 heteroatoms. The Bertz CT molecular complexity index is 793. The van der Waals surface area contributed by atoms with E-state index in [4.69, 9.17) is 4.74 Å². The first-order valence-corrected chi connectivity index (χ1v) is 9.69. The number of halogens is 1. The van der Waals surface area contributed by atoms with Crippen molar-refractivity contribution in [2.24, 2.45) is 10.9 Å². The third-order valence-electron chi connectivity index (χ3n) is 5.46. The molecule has 1 aliphatic rings. The molecule has 1 fully saturated rings. The van der Waals surface area contributed by atoms with Crippen LogP contribution in [0.2, 0.25) is 0 Å². The van der Waals surface area contributed by atoms with E-state index in [1.54, 1.807) is 18.2 Å². The van der Waals surface area contributed by atoms with Gasteiger partial charge in [-0.2, -0.15) is 0 Å². The Kier molecular flexibility index (Phi) is 6.38. The predicted molar refractivity (Wildman–Crippen MR) is 107 cm³/mol. The number of ether oxygens (including phenoxy) is 1. The Hall–Kier alpha value is -2.49. The van der Waals surface area contributed by atoms with E-state index in [9.17, 15) is 9.18 Å². The molecule has 0 heterocycles. The van der Waals surface area contributed by atoms with Gasteiger partial charge in [-0.15, -0.1) is 0 Å². The number of aliphatic imine (C=N–C) groups is 1. The highest BCUT2D eigenvalue weighted by molar-refractivity contribution is 5.91. The molecule has 1 saturated carbocycles. The number of benzene rings is 2. The molecule has 0 radical (unpaired) electrons. The third-order valence-corrected chi connectivity index (χ3v) is 5.46. The summed E-state index contributed by atoms with van der Waals surface area (Å²) in [5, 5.41) is 0. The minimum absolute atomic E-state index is 0.106. The largest absolute Gasteiger partial charge is 0.420 e. The van der Waals surface area contributed by atoms with Crippen LogP contribution in [0.15, 0.2) is 47.5 Å². The van der Waals surface area contributed by atoms with Crippen LogP contribution in [-0.4, -0.2) is 12.7 Å². The lowest BCUT2D eigenvalue weighted by molar-refractivity contribution is 0.0728. The van der Waals surface area contributed by atoms with Crippen LogP contribution in [-0.2, 0) is 0 Å². The lowest BCUT2D eigenvalue weighted by Crippen LogP contribution is -2.14. The molecule has 2 aromatic rings. The molecular weight excluding hydrogens is 341 g/mol. The molecule has 142 valence electrons. The number of rotatable bonds is 6. The molecule has 27 heavy (non-hydrogen) atoms. The smallest absolute Gasteiger partial charge is 0.343 e. The van der Waals surface area contributed by atoms with Gasteiger partial charge in [-0.05, 0) is 74.1 Å². The van der Waals surface area contributed by atoms with Gasteiger partial charge in [0.2, 0.25) is 0 Å². The molecule has 0 unspecified atom stereocenters. The quantitative estimate of drug-likeness (QED) is 0.334. The van der Waals surface area contributed by atoms with Crippen molar-refractivity contribution in [1.82, 2.24) is 0 Å². The minimum Gasteiger partial charge on any atom is -0.420 e. The standard InChI is InChI=1S/C23H26FNO2/c1-3-4-16-5-7-17(8-6-16)18-9-11-19(12-10-18)23(26)27-22-14-13-20(25-2)15-21(22)24/h9-17H,2-8H2,1H3. The van der Waals surface area contributed by atoms with E-state index >= 15 is 0 Å². The highest BCUT2D eigenvalue weighted by atomic mass is 19.1. The summed E-state index contributed by atoms with van der Waals surface area (Å²) in [6.07, 6.45) is 7.60. The van der Waals surface area contributed by atoms with Crippen molar-refractivity contribution < 1.29 is 13.9 Å². The van der Waals surface area contributed by atoms with E-state index < -0.39 is 11.8 Å². The molecule has 2 aromatic carbocycles. The molecule has 0 aromatic heterocycles. The van der Waals surface area contributed by atoms with Crippen LogP contribution in [0.4, 0.5) is 10.1 Å². The van der Waals surface area contributed by atoms with Crippen molar-refractivity contribution in [3.8, 4) is 5.75 Å². The molecule has 0 spiro atoms. The van der Waals surface area contributed by atoms with Gasteiger partial charge in [-0.1, -0.05) is 31.9 Å². The van der Waals surface area contributed by atoms with E-state index in [1.807, 2.05) is 12.1 Å². The van der Waals surface area contributed by atoms with E-state index in [1.165, 1.54) is 56.2 Å². The normalized spacial score (nSPS) is 19.5. The van der Waals surface area contributed by atoms with Crippen LogP contribution < -0.4 is 4.74 Å². The van der Waals surface area contributed by atoms with Crippen LogP contribution >= 0.6 is 0 Å². The summed E-state index contributed by atoms with van der Waals surface area (Å²) in [6, 6.07) is 11.7. The van der Waals surface area contributed by atoms with E-state index in [2.05, 4.69) is 18.6 Å². The van der Waals surface area contributed by atoms with Gasteiger partial charge in [-0.3, -0.25) is 4.99 Å². The molecule has 0 bridgehead atoms. The highest BCUT2D eigenvalue weighted by Crippen LogP contribution is 2.37. The molecule has 3 rings (SSSR count). The first-order chi connectivity index (χ1) is 13.1. The summed E-state index contributed by atoms with van der Waals surface area (Å²) >= 11 is 0. The van der Waals surface area contributed by atoms with Crippen LogP contribution in [0.5, 0.6) is 5.75 Å². The van der Waals surface area contributed by atoms with Crippen LogP contribution in [0.1, 0.15) is 67.3 Å². The van der Waals surface area contributed by atoms with Gasteiger partial charge in [0.05, 0.1) is 11.3 Å². The van der Waals surface area contributed by atoms with E-state index in [0.29, 0.717) is 17.2 Å². The number of carbonyl (C=O) groups excluding carboxylic acids is 1. The van der Waals surface area contributed by atoms with E-state index in [-0.39, 0.29) is 5.75 Å². The van der Waals surface area contributed by atoms with Crippen LogP contribution in [0, 0.1) is 11.7 Å². The van der Waals surface area contributed by atoms with Crippen molar-refractivity contribution >= 4 is 18.4 Å². The molecule has 3 nitrogen and oxygen atoms in total. The maximum atomic E-state index is 13.9. The summed E-state index contributed by atoms with van der Waals surface area (Å²) in [5.74, 6) is 0.142. The summed E-state index contributed by atoms with van der Waals surface area (Å²) in [7, 11) is 0.